The predicted octanol–water partition coefficient (Wildman–Crippen LogP) is 1.62. The molecule has 3 aromatic rings. The molecule has 0 saturated carbocycles. The molecule has 0 saturated heterocycles. The van der Waals surface area contributed by atoms with Crippen molar-refractivity contribution in [3.05, 3.63) is 47.7 Å². The molecule has 0 atom stereocenters. The zero-order chi connectivity index (χ0) is 12.5. The van der Waals surface area contributed by atoms with E-state index in [1.54, 1.807) is 10.9 Å². The molecule has 1 N–H and O–H groups in total. The number of pyridine rings is 1. The first-order chi connectivity index (χ1) is 8.79. The molecule has 0 amide bonds. The first-order valence-corrected chi connectivity index (χ1v) is 5.67. The Bertz CT molecular complexity index is 705. The third kappa shape index (κ3) is 1.65. The number of rotatable bonds is 2. The van der Waals surface area contributed by atoms with Gasteiger partial charge in [0, 0.05) is 6.20 Å². The van der Waals surface area contributed by atoms with Gasteiger partial charge in [-0.25, -0.2) is 4.98 Å². The van der Waals surface area contributed by atoms with Crippen LogP contribution in [-0.4, -0.2) is 25.1 Å². The maximum atomic E-state index is 9.08. The molecule has 3 rings (SSSR count). The molecular formula is C13H12N4O. The summed E-state index contributed by atoms with van der Waals surface area (Å²) in [7, 11) is 0. The molecule has 0 bridgehead atoms. The summed E-state index contributed by atoms with van der Waals surface area (Å²) >= 11 is 0. The van der Waals surface area contributed by atoms with Crippen molar-refractivity contribution in [3.8, 4) is 5.82 Å². The van der Waals surface area contributed by atoms with Crippen LogP contribution in [0.3, 0.4) is 0 Å². The van der Waals surface area contributed by atoms with Crippen LogP contribution in [0.15, 0.2) is 36.5 Å². The lowest BCUT2D eigenvalue weighted by Gasteiger charge is -2.06. The van der Waals surface area contributed by atoms with E-state index in [4.69, 9.17) is 5.11 Å². The molecule has 18 heavy (non-hydrogen) atoms. The zero-order valence-corrected chi connectivity index (χ0v) is 9.91. The van der Waals surface area contributed by atoms with Gasteiger partial charge in [-0.2, -0.15) is 4.68 Å². The Hall–Kier alpha value is -2.27. The SMILES string of the molecule is Cc1cc(CO)cnc1-n1nnc2ccccc21. The Balaban J connectivity index is 2.20. The van der Waals surface area contributed by atoms with Crippen LogP contribution in [-0.2, 0) is 6.61 Å². The highest BCUT2D eigenvalue weighted by molar-refractivity contribution is 5.75. The Morgan fingerprint density at radius 2 is 2.11 bits per heavy atom. The highest BCUT2D eigenvalue weighted by Crippen LogP contribution is 2.17. The Labute approximate surface area is 104 Å². The van der Waals surface area contributed by atoms with Gasteiger partial charge in [-0.05, 0) is 36.2 Å². The second kappa shape index (κ2) is 4.19. The first kappa shape index (κ1) is 10.9. The summed E-state index contributed by atoms with van der Waals surface area (Å²) < 4.78 is 1.71. The van der Waals surface area contributed by atoms with Gasteiger partial charge in [0.05, 0.1) is 12.1 Å². The van der Waals surface area contributed by atoms with E-state index in [9.17, 15) is 0 Å². The number of hydrogen-bond acceptors (Lipinski definition) is 4. The molecule has 5 heteroatoms. The molecule has 2 heterocycles. The number of para-hydroxylation sites is 1. The number of hydrogen-bond donors (Lipinski definition) is 1. The van der Waals surface area contributed by atoms with Crippen molar-refractivity contribution in [1.82, 2.24) is 20.0 Å². The maximum absolute atomic E-state index is 9.08. The van der Waals surface area contributed by atoms with Gasteiger partial charge in [0.25, 0.3) is 0 Å². The Kier molecular flexibility index (Phi) is 2.53. The van der Waals surface area contributed by atoms with Crippen molar-refractivity contribution in [2.45, 2.75) is 13.5 Å². The van der Waals surface area contributed by atoms with Gasteiger partial charge in [0.1, 0.15) is 5.52 Å². The molecule has 0 spiro atoms. The molecule has 5 nitrogen and oxygen atoms in total. The number of fused-ring (bicyclic) bond motifs is 1. The van der Waals surface area contributed by atoms with E-state index >= 15 is 0 Å². The Morgan fingerprint density at radius 3 is 2.89 bits per heavy atom. The van der Waals surface area contributed by atoms with E-state index in [0.717, 1.165) is 28.0 Å². The molecule has 0 aliphatic carbocycles. The summed E-state index contributed by atoms with van der Waals surface area (Å²) in [5.74, 6) is 0.737. The van der Waals surface area contributed by atoms with Crippen molar-refractivity contribution in [3.63, 3.8) is 0 Å². The highest BCUT2D eigenvalue weighted by Gasteiger charge is 2.09. The van der Waals surface area contributed by atoms with Gasteiger partial charge < -0.3 is 5.11 Å². The van der Waals surface area contributed by atoms with Gasteiger partial charge in [-0.1, -0.05) is 17.3 Å². The fraction of sp³-hybridized carbons (Fsp3) is 0.154. The van der Waals surface area contributed by atoms with Crippen LogP contribution < -0.4 is 0 Å². The lowest BCUT2D eigenvalue weighted by Crippen LogP contribution is -2.03. The first-order valence-electron chi connectivity index (χ1n) is 5.67. The van der Waals surface area contributed by atoms with Gasteiger partial charge in [0.2, 0.25) is 0 Å². The standard InChI is InChI=1S/C13H12N4O/c1-9-6-10(8-18)7-14-13(9)17-12-5-3-2-4-11(12)15-16-17/h2-7,18H,8H2,1H3. The topological polar surface area (TPSA) is 63.8 Å². The monoisotopic (exact) mass is 240 g/mol. The van der Waals surface area contributed by atoms with Crippen LogP contribution in [0.2, 0.25) is 0 Å². The predicted molar refractivity (Wildman–Crippen MR) is 67.3 cm³/mol. The summed E-state index contributed by atoms with van der Waals surface area (Å²) in [5.41, 5.74) is 3.51. The van der Waals surface area contributed by atoms with Gasteiger partial charge >= 0.3 is 0 Å². The molecule has 0 aliphatic heterocycles. The van der Waals surface area contributed by atoms with Gasteiger partial charge in [-0.3, -0.25) is 0 Å². The summed E-state index contributed by atoms with van der Waals surface area (Å²) in [4.78, 5) is 4.34. The number of aromatic nitrogens is 4. The van der Waals surface area contributed by atoms with Gasteiger partial charge in [0.15, 0.2) is 5.82 Å². The summed E-state index contributed by atoms with van der Waals surface area (Å²) in [5, 5.41) is 17.3. The lowest BCUT2D eigenvalue weighted by molar-refractivity contribution is 0.281. The summed E-state index contributed by atoms with van der Waals surface area (Å²) in [6.07, 6.45) is 1.65. The zero-order valence-electron chi connectivity index (χ0n) is 9.91. The van der Waals surface area contributed by atoms with Gasteiger partial charge in [-0.15, -0.1) is 5.10 Å². The van der Waals surface area contributed by atoms with Crippen LogP contribution in [0.25, 0.3) is 16.9 Å². The molecule has 1 aromatic carbocycles. The van der Waals surface area contributed by atoms with Crippen LogP contribution in [0.5, 0.6) is 0 Å². The minimum atomic E-state index is -0.00771. The van der Waals surface area contributed by atoms with Crippen molar-refractivity contribution in [2.24, 2.45) is 0 Å². The normalized spacial score (nSPS) is 11.0. The van der Waals surface area contributed by atoms with Crippen molar-refractivity contribution < 1.29 is 5.11 Å². The molecule has 0 unspecified atom stereocenters. The summed E-state index contributed by atoms with van der Waals surface area (Å²) in [6.45, 7) is 1.93. The minimum absolute atomic E-state index is 0.00771. The lowest BCUT2D eigenvalue weighted by atomic mass is 10.2. The smallest absolute Gasteiger partial charge is 0.158 e. The Morgan fingerprint density at radius 1 is 1.28 bits per heavy atom. The molecule has 2 aromatic heterocycles. The van der Waals surface area contributed by atoms with E-state index in [0.29, 0.717) is 0 Å². The second-order valence-corrected chi connectivity index (χ2v) is 4.13. The third-order valence-corrected chi connectivity index (χ3v) is 2.84. The van der Waals surface area contributed by atoms with Crippen molar-refractivity contribution >= 4 is 11.0 Å². The second-order valence-electron chi connectivity index (χ2n) is 4.13. The van der Waals surface area contributed by atoms with E-state index in [1.165, 1.54) is 0 Å². The molecule has 0 radical (unpaired) electrons. The van der Waals surface area contributed by atoms with E-state index in [2.05, 4.69) is 15.3 Å². The van der Waals surface area contributed by atoms with Crippen LogP contribution in [0, 0.1) is 6.92 Å². The summed E-state index contributed by atoms with van der Waals surface area (Å²) in [6, 6.07) is 9.64. The van der Waals surface area contributed by atoms with E-state index < -0.39 is 0 Å². The van der Waals surface area contributed by atoms with Crippen molar-refractivity contribution in [1.29, 1.82) is 0 Å². The largest absolute Gasteiger partial charge is 0.392 e. The van der Waals surface area contributed by atoms with Crippen molar-refractivity contribution in [2.75, 3.05) is 0 Å². The third-order valence-electron chi connectivity index (χ3n) is 2.84. The minimum Gasteiger partial charge on any atom is -0.392 e. The average Bonchev–Trinajstić information content (AvgIpc) is 2.82. The molecule has 90 valence electrons. The maximum Gasteiger partial charge on any atom is 0.158 e. The highest BCUT2D eigenvalue weighted by atomic mass is 16.3. The van der Waals surface area contributed by atoms with Crippen LogP contribution in [0.4, 0.5) is 0 Å². The number of aliphatic hydroxyl groups is 1. The van der Waals surface area contributed by atoms with Crippen LogP contribution in [0.1, 0.15) is 11.1 Å². The average molecular weight is 240 g/mol. The quantitative estimate of drug-likeness (QED) is 0.739. The molecular weight excluding hydrogens is 228 g/mol. The fourth-order valence-electron chi connectivity index (χ4n) is 1.96. The number of nitrogens with zero attached hydrogens (tertiary/aromatic N) is 4. The number of aliphatic hydroxyl groups excluding tert-OH is 1. The number of aryl methyl sites for hydroxylation is 1. The van der Waals surface area contributed by atoms with Crippen LogP contribution >= 0.6 is 0 Å². The fourth-order valence-corrected chi connectivity index (χ4v) is 1.96. The molecule has 0 aliphatic rings. The molecule has 0 fully saturated rings. The van der Waals surface area contributed by atoms with E-state index in [-0.39, 0.29) is 6.61 Å². The van der Waals surface area contributed by atoms with E-state index in [1.807, 2.05) is 37.3 Å². The number of benzene rings is 1.